The quantitative estimate of drug-likeness (QED) is 0.602. The van der Waals surface area contributed by atoms with Crippen LogP contribution in [0.25, 0.3) is 0 Å². The molecular formula is C11H8ClFN2O. The minimum Gasteiger partial charge on any atom is -0.426 e. The largest absolute Gasteiger partial charge is 0.426 e. The van der Waals surface area contributed by atoms with Gasteiger partial charge in [0.2, 0.25) is 0 Å². The fourth-order valence-corrected chi connectivity index (χ4v) is 1.37. The Kier molecular flexibility index (Phi) is 2.92. The van der Waals surface area contributed by atoms with Crippen LogP contribution in [0.2, 0.25) is 5.15 Å². The molecule has 0 fully saturated rings. The van der Waals surface area contributed by atoms with E-state index in [1.807, 2.05) is 0 Å². The summed E-state index contributed by atoms with van der Waals surface area (Å²) in [6, 6.07) is 10.7. The van der Waals surface area contributed by atoms with E-state index in [9.17, 15) is 9.60 Å². The van der Waals surface area contributed by atoms with Crippen LogP contribution in [-0.2, 0) is 0 Å². The van der Waals surface area contributed by atoms with Gasteiger partial charge in [-0.1, -0.05) is 29.8 Å². The molecule has 16 heavy (non-hydrogen) atoms. The van der Waals surface area contributed by atoms with Crippen molar-refractivity contribution >= 4 is 17.3 Å². The fourth-order valence-electron chi connectivity index (χ4n) is 1.21. The monoisotopic (exact) mass is 238 g/mol. The number of halogens is 2. The molecule has 0 amide bonds. The molecule has 1 N–H and O–H groups in total. The molecule has 0 aliphatic rings. The summed E-state index contributed by atoms with van der Waals surface area (Å²) in [4.78, 5) is 3.95. The molecule has 82 valence electrons. The zero-order valence-corrected chi connectivity index (χ0v) is 8.89. The first-order valence-corrected chi connectivity index (χ1v) is 4.92. The summed E-state index contributed by atoms with van der Waals surface area (Å²) in [5.41, 5.74) is 0.310. The zero-order valence-electron chi connectivity index (χ0n) is 8.14. The van der Waals surface area contributed by atoms with Crippen molar-refractivity contribution in [2.24, 2.45) is 4.99 Å². The number of hydrogen-bond acceptors (Lipinski definition) is 2. The Balaban J connectivity index is 2.61. The smallest absolute Gasteiger partial charge is 0.170 e. The summed E-state index contributed by atoms with van der Waals surface area (Å²) in [7, 11) is 0. The van der Waals surface area contributed by atoms with Crippen molar-refractivity contribution < 1.29 is 9.60 Å². The number of pyridine rings is 1. The summed E-state index contributed by atoms with van der Waals surface area (Å²) in [6.07, 6.45) is 0. The maximum Gasteiger partial charge on any atom is 0.170 e. The minimum atomic E-state index is -0.456. The first kappa shape index (κ1) is 10.7. The van der Waals surface area contributed by atoms with E-state index in [0.717, 1.165) is 0 Å². The Morgan fingerprint density at radius 3 is 2.62 bits per heavy atom. The van der Waals surface area contributed by atoms with Gasteiger partial charge in [0.25, 0.3) is 0 Å². The molecule has 1 aromatic heterocycles. The lowest BCUT2D eigenvalue weighted by Crippen LogP contribution is -2.17. The Morgan fingerprint density at radius 1 is 1.12 bits per heavy atom. The Bertz CT molecular complexity index is 580. The maximum absolute atomic E-state index is 13.3. The molecule has 1 aromatic carbocycles. The van der Waals surface area contributed by atoms with E-state index in [4.69, 9.17) is 11.6 Å². The fraction of sp³-hybridized carbons (Fsp3) is 0. The molecular weight excluding hydrogens is 231 g/mol. The van der Waals surface area contributed by atoms with Gasteiger partial charge in [-0.2, -0.15) is 4.73 Å². The van der Waals surface area contributed by atoms with Gasteiger partial charge in [-0.3, -0.25) is 0 Å². The molecule has 2 rings (SSSR count). The number of nitrogens with zero attached hydrogens (tertiary/aromatic N) is 2. The number of benzene rings is 1. The summed E-state index contributed by atoms with van der Waals surface area (Å²) < 4.78 is 14.0. The van der Waals surface area contributed by atoms with Crippen LogP contribution >= 0.6 is 11.6 Å². The van der Waals surface area contributed by atoms with Gasteiger partial charge in [0.05, 0.1) is 0 Å². The van der Waals surface area contributed by atoms with Gasteiger partial charge in [0.1, 0.15) is 16.7 Å². The van der Waals surface area contributed by atoms with E-state index in [2.05, 4.69) is 4.99 Å². The highest BCUT2D eigenvalue weighted by Gasteiger charge is 2.00. The van der Waals surface area contributed by atoms with E-state index >= 15 is 0 Å². The van der Waals surface area contributed by atoms with Crippen molar-refractivity contribution in [3.63, 3.8) is 0 Å². The molecule has 0 aliphatic heterocycles. The summed E-state index contributed by atoms with van der Waals surface area (Å²) in [5.74, 6) is -0.456. The highest BCUT2D eigenvalue weighted by atomic mass is 35.5. The molecule has 0 bridgehead atoms. The van der Waals surface area contributed by atoms with Crippen molar-refractivity contribution in [1.82, 2.24) is 4.73 Å². The van der Waals surface area contributed by atoms with E-state index in [-0.39, 0.29) is 16.3 Å². The lowest BCUT2D eigenvalue weighted by Gasteiger charge is -2.01. The molecule has 1 heterocycles. The third-order valence-electron chi connectivity index (χ3n) is 1.99. The first-order valence-electron chi connectivity index (χ1n) is 4.54. The van der Waals surface area contributed by atoms with Crippen molar-refractivity contribution in [2.45, 2.75) is 0 Å². The third-order valence-corrected chi connectivity index (χ3v) is 2.27. The van der Waals surface area contributed by atoms with E-state index in [0.29, 0.717) is 4.73 Å². The van der Waals surface area contributed by atoms with E-state index < -0.39 is 5.82 Å². The maximum atomic E-state index is 13.3. The molecule has 0 saturated heterocycles. The van der Waals surface area contributed by atoms with Gasteiger partial charge in [-0.05, 0) is 24.3 Å². The topological polar surface area (TPSA) is 37.5 Å². The van der Waals surface area contributed by atoms with Crippen LogP contribution in [0.1, 0.15) is 0 Å². The standard InChI is InChI=1S/C11H8ClFN2O/c12-10-6-3-7-11(15(10)16)14-9-5-2-1-4-8(9)13/h1-7,16H. The summed E-state index contributed by atoms with van der Waals surface area (Å²) >= 11 is 5.68. The minimum absolute atomic E-state index is 0.109. The van der Waals surface area contributed by atoms with E-state index in [1.165, 1.54) is 24.3 Å². The van der Waals surface area contributed by atoms with Gasteiger partial charge >= 0.3 is 0 Å². The molecule has 0 atom stereocenters. The summed E-state index contributed by atoms with van der Waals surface area (Å²) in [5, 5.41) is 9.63. The van der Waals surface area contributed by atoms with Crippen LogP contribution in [0.5, 0.6) is 0 Å². The van der Waals surface area contributed by atoms with Gasteiger partial charge < -0.3 is 5.21 Å². The summed E-state index contributed by atoms with van der Waals surface area (Å²) in [6.45, 7) is 0. The van der Waals surface area contributed by atoms with Crippen LogP contribution in [0.4, 0.5) is 10.1 Å². The molecule has 0 aliphatic carbocycles. The van der Waals surface area contributed by atoms with Crippen molar-refractivity contribution in [1.29, 1.82) is 0 Å². The Hall–Kier alpha value is -1.81. The van der Waals surface area contributed by atoms with Gasteiger partial charge in [-0.25, -0.2) is 9.38 Å². The zero-order chi connectivity index (χ0) is 11.5. The van der Waals surface area contributed by atoms with Crippen molar-refractivity contribution in [3.05, 3.63) is 58.9 Å². The average Bonchev–Trinajstić information content (AvgIpc) is 2.28. The van der Waals surface area contributed by atoms with Crippen LogP contribution in [0.15, 0.2) is 47.5 Å². The van der Waals surface area contributed by atoms with E-state index in [1.54, 1.807) is 18.2 Å². The number of hydrogen-bond donors (Lipinski definition) is 1. The molecule has 5 heteroatoms. The second-order valence-corrected chi connectivity index (χ2v) is 3.47. The normalized spacial score (nSPS) is 11.8. The predicted molar refractivity (Wildman–Crippen MR) is 58.2 cm³/mol. The second-order valence-electron chi connectivity index (χ2n) is 3.08. The Labute approximate surface area is 96.0 Å². The molecule has 3 nitrogen and oxygen atoms in total. The van der Waals surface area contributed by atoms with Crippen LogP contribution in [0.3, 0.4) is 0 Å². The molecule has 2 aromatic rings. The molecule has 0 spiro atoms. The first-order chi connectivity index (χ1) is 7.68. The highest BCUT2D eigenvalue weighted by Crippen LogP contribution is 2.15. The van der Waals surface area contributed by atoms with Crippen LogP contribution < -0.4 is 5.49 Å². The van der Waals surface area contributed by atoms with Crippen LogP contribution in [0, 0.1) is 5.82 Å². The lowest BCUT2D eigenvalue weighted by molar-refractivity contribution is 0.173. The highest BCUT2D eigenvalue weighted by molar-refractivity contribution is 6.29. The number of rotatable bonds is 1. The van der Waals surface area contributed by atoms with Crippen LogP contribution in [-0.4, -0.2) is 9.94 Å². The molecule has 0 radical (unpaired) electrons. The van der Waals surface area contributed by atoms with Gasteiger partial charge in [0, 0.05) is 0 Å². The predicted octanol–water partition coefficient (Wildman–Crippen LogP) is 2.75. The SMILES string of the molecule is On1c(Cl)cccc1=Nc1ccccc1F. The molecule has 0 saturated carbocycles. The number of para-hydroxylation sites is 1. The number of aromatic nitrogens is 1. The van der Waals surface area contributed by atoms with Crippen molar-refractivity contribution in [3.8, 4) is 0 Å². The van der Waals surface area contributed by atoms with Gasteiger partial charge in [-0.15, -0.1) is 0 Å². The Morgan fingerprint density at radius 2 is 1.88 bits per heavy atom. The van der Waals surface area contributed by atoms with Crippen molar-refractivity contribution in [2.75, 3.05) is 0 Å². The second kappa shape index (κ2) is 4.37. The third kappa shape index (κ3) is 2.06. The average molecular weight is 239 g/mol. The molecule has 0 unspecified atom stereocenters. The lowest BCUT2D eigenvalue weighted by atomic mass is 10.3. The van der Waals surface area contributed by atoms with Gasteiger partial charge in [0.15, 0.2) is 5.49 Å².